The lowest BCUT2D eigenvalue weighted by atomic mass is 9.89. The summed E-state index contributed by atoms with van der Waals surface area (Å²) >= 11 is 0. The number of piperidine rings is 1. The second-order valence-corrected chi connectivity index (χ2v) is 4.72. The van der Waals surface area contributed by atoms with Gasteiger partial charge in [0.25, 0.3) is 0 Å². The molecule has 2 fully saturated rings. The van der Waals surface area contributed by atoms with Crippen molar-refractivity contribution in [2.75, 3.05) is 33.2 Å². The number of nitrogens with zero attached hydrogens (tertiary/aromatic N) is 2. The fourth-order valence-electron chi connectivity index (χ4n) is 2.75. The number of hydrogen-bond donors (Lipinski definition) is 0. The molecule has 0 saturated carbocycles. The van der Waals surface area contributed by atoms with Gasteiger partial charge in [-0.05, 0) is 39.9 Å². The summed E-state index contributed by atoms with van der Waals surface area (Å²) in [4.78, 5) is 5.10. The monoisotopic (exact) mass is 168 g/mol. The van der Waals surface area contributed by atoms with Crippen molar-refractivity contribution in [3.63, 3.8) is 0 Å². The van der Waals surface area contributed by atoms with Crippen molar-refractivity contribution in [2.45, 2.75) is 31.7 Å². The van der Waals surface area contributed by atoms with E-state index in [9.17, 15) is 0 Å². The number of likely N-dealkylation sites (N-methyl/N-ethyl adjacent to an activating group) is 1. The lowest BCUT2D eigenvalue weighted by Gasteiger charge is -2.54. The highest BCUT2D eigenvalue weighted by molar-refractivity contribution is 4.99. The van der Waals surface area contributed by atoms with E-state index in [0.717, 1.165) is 0 Å². The maximum absolute atomic E-state index is 2.69. The van der Waals surface area contributed by atoms with Crippen LogP contribution in [0.5, 0.6) is 0 Å². The second kappa shape index (κ2) is 3.00. The highest BCUT2D eigenvalue weighted by Gasteiger charge is 2.41. The van der Waals surface area contributed by atoms with Crippen LogP contribution in [0.15, 0.2) is 0 Å². The predicted octanol–water partition coefficient (Wildman–Crippen LogP) is 1.18. The molecule has 2 aliphatic rings. The summed E-state index contributed by atoms with van der Waals surface area (Å²) in [5.41, 5.74) is 0.523. The number of rotatable bonds is 1. The summed E-state index contributed by atoms with van der Waals surface area (Å²) in [6, 6.07) is 0. The maximum Gasteiger partial charge on any atom is 0.0434 e. The highest BCUT2D eigenvalue weighted by atomic mass is 15.3. The smallest absolute Gasteiger partial charge is 0.0434 e. The molecular weight excluding hydrogens is 148 g/mol. The van der Waals surface area contributed by atoms with E-state index in [1.165, 1.54) is 45.4 Å². The molecular formula is C10H20N2. The normalized spacial score (nSPS) is 31.5. The van der Waals surface area contributed by atoms with Gasteiger partial charge in [-0.25, -0.2) is 0 Å². The van der Waals surface area contributed by atoms with E-state index in [4.69, 9.17) is 0 Å². The summed E-state index contributed by atoms with van der Waals surface area (Å²) in [5.74, 6) is 0. The van der Waals surface area contributed by atoms with Crippen LogP contribution in [0.3, 0.4) is 0 Å². The van der Waals surface area contributed by atoms with Gasteiger partial charge in [0.2, 0.25) is 0 Å². The summed E-state index contributed by atoms with van der Waals surface area (Å²) in [6.45, 7) is 7.63. The van der Waals surface area contributed by atoms with E-state index >= 15 is 0 Å². The molecule has 2 aliphatic heterocycles. The molecule has 2 heteroatoms. The molecule has 2 saturated heterocycles. The third kappa shape index (κ3) is 1.38. The van der Waals surface area contributed by atoms with Crippen LogP contribution in [-0.4, -0.2) is 48.6 Å². The first kappa shape index (κ1) is 8.52. The zero-order chi connectivity index (χ0) is 8.60. The van der Waals surface area contributed by atoms with Crippen LogP contribution in [0.1, 0.15) is 26.2 Å². The fraction of sp³-hybridized carbons (Fsp3) is 1.00. The van der Waals surface area contributed by atoms with Gasteiger partial charge in [-0.1, -0.05) is 6.42 Å². The van der Waals surface area contributed by atoms with E-state index in [1.54, 1.807) is 0 Å². The van der Waals surface area contributed by atoms with Crippen LogP contribution in [0, 0.1) is 0 Å². The Labute approximate surface area is 75.5 Å². The first-order chi connectivity index (χ1) is 5.71. The molecule has 12 heavy (non-hydrogen) atoms. The number of likely N-dealkylation sites (tertiary alicyclic amines) is 2. The molecule has 0 aromatic heterocycles. The fourth-order valence-corrected chi connectivity index (χ4v) is 2.75. The van der Waals surface area contributed by atoms with Gasteiger partial charge >= 0.3 is 0 Å². The molecule has 2 heterocycles. The Hall–Kier alpha value is -0.0800. The average molecular weight is 168 g/mol. The van der Waals surface area contributed by atoms with Crippen LogP contribution >= 0.6 is 0 Å². The predicted molar refractivity (Wildman–Crippen MR) is 51.3 cm³/mol. The van der Waals surface area contributed by atoms with Crippen LogP contribution < -0.4 is 0 Å². The Morgan fingerprint density at radius 2 is 1.58 bits per heavy atom. The maximum atomic E-state index is 2.69. The molecule has 2 rings (SSSR count). The Kier molecular flexibility index (Phi) is 2.13. The van der Waals surface area contributed by atoms with Gasteiger partial charge in [0, 0.05) is 18.6 Å². The van der Waals surface area contributed by atoms with Gasteiger partial charge in [-0.3, -0.25) is 4.90 Å². The molecule has 70 valence electrons. The Balaban J connectivity index is 1.90. The van der Waals surface area contributed by atoms with Gasteiger partial charge in [-0.2, -0.15) is 0 Å². The Morgan fingerprint density at radius 3 is 2.08 bits per heavy atom. The lowest BCUT2D eigenvalue weighted by molar-refractivity contribution is -0.0377. The molecule has 0 spiro atoms. The molecule has 0 bridgehead atoms. The molecule has 0 unspecified atom stereocenters. The summed E-state index contributed by atoms with van der Waals surface area (Å²) in [5, 5.41) is 0. The van der Waals surface area contributed by atoms with Crippen LogP contribution in [0.4, 0.5) is 0 Å². The highest BCUT2D eigenvalue weighted by Crippen LogP contribution is 2.28. The summed E-state index contributed by atoms with van der Waals surface area (Å²) in [6.07, 6.45) is 4.28. The van der Waals surface area contributed by atoms with E-state index in [-0.39, 0.29) is 0 Å². The van der Waals surface area contributed by atoms with Crippen molar-refractivity contribution in [1.29, 1.82) is 0 Å². The lowest BCUT2D eigenvalue weighted by Crippen LogP contribution is -2.67. The Morgan fingerprint density at radius 1 is 1.00 bits per heavy atom. The van der Waals surface area contributed by atoms with Crippen LogP contribution in [-0.2, 0) is 0 Å². The van der Waals surface area contributed by atoms with E-state index in [2.05, 4.69) is 23.8 Å². The quantitative estimate of drug-likeness (QED) is 0.580. The van der Waals surface area contributed by atoms with Crippen molar-refractivity contribution < 1.29 is 0 Å². The van der Waals surface area contributed by atoms with Crippen LogP contribution in [0.25, 0.3) is 0 Å². The molecule has 0 aromatic carbocycles. The second-order valence-electron chi connectivity index (χ2n) is 4.72. The SMILES string of the molecule is CN1CC(C)(N2CCCCC2)C1. The van der Waals surface area contributed by atoms with Crippen molar-refractivity contribution in [2.24, 2.45) is 0 Å². The molecule has 0 radical (unpaired) electrons. The molecule has 0 aromatic rings. The zero-order valence-electron chi connectivity index (χ0n) is 8.34. The molecule has 0 amide bonds. The average Bonchev–Trinajstić information content (AvgIpc) is 2.04. The van der Waals surface area contributed by atoms with E-state index in [1.807, 2.05) is 0 Å². The van der Waals surface area contributed by atoms with Gasteiger partial charge in [0.1, 0.15) is 0 Å². The minimum atomic E-state index is 0.523. The van der Waals surface area contributed by atoms with Crippen molar-refractivity contribution in [3.05, 3.63) is 0 Å². The third-order valence-electron chi connectivity index (χ3n) is 3.34. The van der Waals surface area contributed by atoms with Gasteiger partial charge in [0.05, 0.1) is 0 Å². The van der Waals surface area contributed by atoms with Gasteiger partial charge in [0.15, 0.2) is 0 Å². The minimum absolute atomic E-state index is 0.523. The van der Waals surface area contributed by atoms with Crippen molar-refractivity contribution >= 4 is 0 Å². The molecule has 0 N–H and O–H groups in total. The third-order valence-corrected chi connectivity index (χ3v) is 3.34. The van der Waals surface area contributed by atoms with Gasteiger partial charge < -0.3 is 4.90 Å². The van der Waals surface area contributed by atoms with Gasteiger partial charge in [-0.15, -0.1) is 0 Å². The molecule has 0 aliphatic carbocycles. The van der Waals surface area contributed by atoms with Crippen molar-refractivity contribution in [3.8, 4) is 0 Å². The first-order valence-corrected chi connectivity index (χ1v) is 5.14. The largest absolute Gasteiger partial charge is 0.303 e. The molecule has 2 nitrogen and oxygen atoms in total. The van der Waals surface area contributed by atoms with Crippen molar-refractivity contribution in [1.82, 2.24) is 9.80 Å². The van der Waals surface area contributed by atoms with E-state index < -0.39 is 0 Å². The summed E-state index contributed by atoms with van der Waals surface area (Å²) < 4.78 is 0. The van der Waals surface area contributed by atoms with Crippen LogP contribution in [0.2, 0.25) is 0 Å². The minimum Gasteiger partial charge on any atom is -0.303 e. The first-order valence-electron chi connectivity index (χ1n) is 5.14. The standard InChI is InChI=1S/C10H20N2/c1-10(8-11(2)9-10)12-6-4-3-5-7-12/h3-9H2,1-2H3. The zero-order valence-corrected chi connectivity index (χ0v) is 8.34. The number of hydrogen-bond acceptors (Lipinski definition) is 2. The Bertz CT molecular complexity index is 155. The summed E-state index contributed by atoms with van der Waals surface area (Å²) in [7, 11) is 2.21. The molecule has 0 atom stereocenters. The topological polar surface area (TPSA) is 6.48 Å². The van der Waals surface area contributed by atoms with E-state index in [0.29, 0.717) is 5.54 Å².